The molecule has 1 spiro atoms. The number of hydrogen-bond donors (Lipinski definition) is 1. The number of rotatable bonds is 2. The van der Waals surface area contributed by atoms with E-state index in [1.165, 1.54) is 5.57 Å². The number of ether oxygens (including phenoxy) is 1. The highest BCUT2D eigenvalue weighted by molar-refractivity contribution is 5.86. The van der Waals surface area contributed by atoms with Gasteiger partial charge < -0.3 is 9.84 Å². The van der Waals surface area contributed by atoms with Crippen molar-refractivity contribution in [2.45, 2.75) is 50.7 Å². The standard InChI is InChI=1S/C15H20O3/c1-9-4-7-15-12(9)8-11(10(2)13(16)17)5-6-14(15,3)18-15/h4,11-12H,2,5-8H2,1,3H3,(H,16,17)/t11-,12+,14+,15-/m1/s1. The molecule has 0 radical (unpaired) electrons. The Morgan fingerprint density at radius 1 is 1.61 bits per heavy atom. The molecule has 1 aliphatic heterocycles. The van der Waals surface area contributed by atoms with Crippen LogP contribution in [0, 0.1) is 11.8 Å². The molecule has 2 fully saturated rings. The van der Waals surface area contributed by atoms with Crippen LogP contribution in [0.1, 0.15) is 39.5 Å². The fourth-order valence-electron chi connectivity index (χ4n) is 4.02. The van der Waals surface area contributed by atoms with Gasteiger partial charge >= 0.3 is 5.97 Å². The van der Waals surface area contributed by atoms with E-state index >= 15 is 0 Å². The van der Waals surface area contributed by atoms with E-state index in [1.807, 2.05) is 0 Å². The summed E-state index contributed by atoms with van der Waals surface area (Å²) in [6.45, 7) is 8.08. The topological polar surface area (TPSA) is 49.8 Å². The van der Waals surface area contributed by atoms with Gasteiger partial charge in [-0.15, -0.1) is 0 Å². The molecule has 0 aromatic rings. The summed E-state index contributed by atoms with van der Waals surface area (Å²) in [6, 6.07) is 0. The molecule has 0 aromatic heterocycles. The Hall–Kier alpha value is -1.09. The van der Waals surface area contributed by atoms with Crippen LogP contribution >= 0.6 is 0 Å². The van der Waals surface area contributed by atoms with Crippen molar-refractivity contribution in [3.05, 3.63) is 23.8 Å². The molecule has 1 saturated heterocycles. The molecule has 0 bridgehead atoms. The van der Waals surface area contributed by atoms with Crippen LogP contribution in [0.25, 0.3) is 0 Å². The fraction of sp³-hybridized carbons (Fsp3) is 0.667. The van der Waals surface area contributed by atoms with E-state index in [4.69, 9.17) is 9.84 Å². The molecule has 4 atom stereocenters. The average molecular weight is 248 g/mol. The maximum Gasteiger partial charge on any atom is 0.331 e. The SMILES string of the molecule is C=C(C(=O)O)[C@@H]1CC[C@]2(C)O[C@@]23CC=C(C)[C@@H]3C1. The third-order valence-electron chi connectivity index (χ3n) is 5.36. The fourth-order valence-corrected chi connectivity index (χ4v) is 4.02. The summed E-state index contributed by atoms with van der Waals surface area (Å²) in [4.78, 5) is 11.1. The Labute approximate surface area is 108 Å². The second kappa shape index (κ2) is 3.47. The van der Waals surface area contributed by atoms with Crippen LogP contribution in [0.3, 0.4) is 0 Å². The van der Waals surface area contributed by atoms with E-state index in [2.05, 4.69) is 26.5 Å². The van der Waals surface area contributed by atoms with Gasteiger partial charge in [0.15, 0.2) is 0 Å². The molecule has 18 heavy (non-hydrogen) atoms. The summed E-state index contributed by atoms with van der Waals surface area (Å²) in [5.74, 6) is -0.375. The largest absolute Gasteiger partial charge is 0.478 e. The van der Waals surface area contributed by atoms with E-state index in [0.717, 1.165) is 25.7 Å². The molecule has 1 heterocycles. The van der Waals surface area contributed by atoms with Crippen molar-refractivity contribution in [3.63, 3.8) is 0 Å². The van der Waals surface area contributed by atoms with Crippen LogP contribution in [0.15, 0.2) is 23.8 Å². The Kier molecular flexibility index (Phi) is 2.31. The smallest absolute Gasteiger partial charge is 0.331 e. The number of carboxylic acids is 1. The van der Waals surface area contributed by atoms with E-state index < -0.39 is 5.97 Å². The van der Waals surface area contributed by atoms with Crippen LogP contribution in [-0.4, -0.2) is 22.3 Å². The lowest BCUT2D eigenvalue weighted by Crippen LogP contribution is -2.28. The van der Waals surface area contributed by atoms with Gasteiger partial charge in [0.25, 0.3) is 0 Å². The predicted octanol–water partition coefficient (Wildman–Crippen LogP) is 2.92. The summed E-state index contributed by atoms with van der Waals surface area (Å²) >= 11 is 0. The zero-order valence-electron chi connectivity index (χ0n) is 11.0. The van der Waals surface area contributed by atoms with Crippen molar-refractivity contribution in [2.75, 3.05) is 0 Å². The minimum Gasteiger partial charge on any atom is -0.478 e. The van der Waals surface area contributed by atoms with Gasteiger partial charge in [-0.05, 0) is 45.4 Å². The van der Waals surface area contributed by atoms with Gasteiger partial charge in [-0.2, -0.15) is 0 Å². The Balaban J connectivity index is 1.88. The van der Waals surface area contributed by atoms with Crippen molar-refractivity contribution in [2.24, 2.45) is 11.8 Å². The summed E-state index contributed by atoms with van der Waals surface area (Å²) in [5.41, 5.74) is 1.67. The second-order valence-electron chi connectivity index (χ2n) is 6.23. The predicted molar refractivity (Wildman–Crippen MR) is 68.2 cm³/mol. The first kappa shape index (κ1) is 12.0. The highest BCUT2D eigenvalue weighted by Crippen LogP contribution is 2.65. The van der Waals surface area contributed by atoms with Gasteiger partial charge in [0, 0.05) is 11.5 Å². The zero-order valence-corrected chi connectivity index (χ0v) is 11.0. The summed E-state index contributed by atoms with van der Waals surface area (Å²) < 4.78 is 6.09. The number of hydrogen-bond acceptors (Lipinski definition) is 2. The molecule has 3 aliphatic rings. The first-order valence-electron chi connectivity index (χ1n) is 6.68. The third-order valence-corrected chi connectivity index (χ3v) is 5.36. The van der Waals surface area contributed by atoms with Crippen LogP contribution in [0.4, 0.5) is 0 Å². The molecular weight excluding hydrogens is 228 g/mol. The Morgan fingerprint density at radius 2 is 2.33 bits per heavy atom. The Morgan fingerprint density at radius 3 is 3.00 bits per heavy atom. The summed E-state index contributed by atoms with van der Waals surface area (Å²) in [6.07, 6.45) is 5.96. The average Bonchev–Trinajstić information content (AvgIpc) is 2.82. The first-order chi connectivity index (χ1) is 8.40. The monoisotopic (exact) mass is 248 g/mol. The van der Waals surface area contributed by atoms with Crippen molar-refractivity contribution in [3.8, 4) is 0 Å². The van der Waals surface area contributed by atoms with Crippen LogP contribution in [-0.2, 0) is 9.53 Å². The molecule has 3 rings (SSSR count). The van der Waals surface area contributed by atoms with Gasteiger partial charge in [-0.25, -0.2) is 4.79 Å². The summed E-state index contributed by atoms with van der Waals surface area (Å²) in [5, 5.41) is 9.13. The number of epoxide rings is 1. The van der Waals surface area contributed by atoms with Gasteiger partial charge in [-0.1, -0.05) is 18.2 Å². The third kappa shape index (κ3) is 1.37. The van der Waals surface area contributed by atoms with Gasteiger partial charge in [0.1, 0.15) is 5.60 Å². The minimum atomic E-state index is -0.852. The van der Waals surface area contributed by atoms with Gasteiger partial charge in [0.05, 0.1) is 5.60 Å². The van der Waals surface area contributed by atoms with Gasteiger partial charge in [0.2, 0.25) is 0 Å². The van der Waals surface area contributed by atoms with E-state index in [-0.39, 0.29) is 17.1 Å². The van der Waals surface area contributed by atoms with Gasteiger partial charge in [-0.3, -0.25) is 0 Å². The molecule has 98 valence electrons. The van der Waals surface area contributed by atoms with Crippen LogP contribution in [0.5, 0.6) is 0 Å². The zero-order chi connectivity index (χ0) is 13.1. The minimum absolute atomic E-state index is 0.0232. The number of aliphatic carboxylic acids is 1. The highest BCUT2D eigenvalue weighted by atomic mass is 16.6. The van der Waals surface area contributed by atoms with Crippen molar-refractivity contribution < 1.29 is 14.6 Å². The van der Waals surface area contributed by atoms with E-state index in [9.17, 15) is 4.79 Å². The van der Waals surface area contributed by atoms with E-state index in [0.29, 0.717) is 11.5 Å². The van der Waals surface area contributed by atoms with Crippen molar-refractivity contribution >= 4 is 5.97 Å². The van der Waals surface area contributed by atoms with Crippen molar-refractivity contribution in [1.29, 1.82) is 0 Å². The lowest BCUT2D eigenvalue weighted by molar-refractivity contribution is -0.133. The van der Waals surface area contributed by atoms with Crippen molar-refractivity contribution in [1.82, 2.24) is 0 Å². The molecule has 2 aliphatic carbocycles. The molecule has 3 heteroatoms. The van der Waals surface area contributed by atoms with Crippen LogP contribution < -0.4 is 0 Å². The molecule has 0 aromatic carbocycles. The van der Waals surface area contributed by atoms with E-state index in [1.54, 1.807) is 0 Å². The number of carbonyl (C=O) groups is 1. The quantitative estimate of drug-likeness (QED) is 0.464. The molecular formula is C15H20O3. The lowest BCUT2D eigenvalue weighted by Gasteiger charge is -2.22. The molecule has 3 nitrogen and oxygen atoms in total. The molecule has 1 saturated carbocycles. The molecule has 1 N–H and O–H groups in total. The summed E-state index contributed by atoms with van der Waals surface area (Å²) in [7, 11) is 0. The lowest BCUT2D eigenvalue weighted by atomic mass is 9.79. The normalized spacial score (nSPS) is 45.6. The Bertz CT molecular complexity index is 464. The molecule has 0 amide bonds. The number of carboxylic acid groups (broad SMARTS) is 1. The first-order valence-corrected chi connectivity index (χ1v) is 6.68. The second-order valence-corrected chi connectivity index (χ2v) is 6.23. The molecule has 0 unspecified atom stereocenters. The van der Waals surface area contributed by atoms with Crippen LogP contribution in [0.2, 0.25) is 0 Å². The maximum absolute atomic E-state index is 11.1. The maximum atomic E-state index is 11.1. The highest BCUT2D eigenvalue weighted by Gasteiger charge is 2.72.